The zero-order valence-corrected chi connectivity index (χ0v) is 22.1. The number of hydrogen-bond acceptors (Lipinski definition) is 7. The molecule has 3 unspecified atom stereocenters. The lowest BCUT2D eigenvalue weighted by Gasteiger charge is -2.21. The number of aromatic amines is 1. The summed E-state index contributed by atoms with van der Waals surface area (Å²) in [5, 5.41) is 18.0. The summed E-state index contributed by atoms with van der Waals surface area (Å²) in [7, 11) is 0. The lowest BCUT2D eigenvalue weighted by atomic mass is 10.0. The van der Waals surface area contributed by atoms with Gasteiger partial charge >= 0.3 is 5.97 Å². The van der Waals surface area contributed by atoms with Crippen molar-refractivity contribution in [2.24, 2.45) is 22.2 Å². The number of guanidine groups is 1. The van der Waals surface area contributed by atoms with Gasteiger partial charge in [-0.15, -0.1) is 0 Å². The van der Waals surface area contributed by atoms with Crippen LogP contribution in [0.1, 0.15) is 24.8 Å². The van der Waals surface area contributed by atoms with Crippen LogP contribution in [-0.4, -0.2) is 83.0 Å². The van der Waals surface area contributed by atoms with Crippen molar-refractivity contribution in [1.29, 1.82) is 0 Å². The third-order valence-corrected chi connectivity index (χ3v) is 6.35. The van der Waals surface area contributed by atoms with Crippen LogP contribution in [0.3, 0.4) is 0 Å². The Balaban J connectivity index is 1.90. The van der Waals surface area contributed by atoms with Gasteiger partial charge in [-0.1, -0.05) is 18.2 Å². The van der Waals surface area contributed by atoms with E-state index in [1.165, 1.54) is 11.8 Å². The zero-order valence-electron chi connectivity index (χ0n) is 21.2. The Morgan fingerprint density at radius 2 is 1.82 bits per heavy atom. The molecule has 3 amide bonds. The molecule has 1 aromatic carbocycles. The molecule has 0 radical (unpaired) electrons. The van der Waals surface area contributed by atoms with Crippen molar-refractivity contribution in [3.8, 4) is 0 Å². The van der Waals surface area contributed by atoms with Crippen molar-refractivity contribution in [2.75, 3.05) is 25.1 Å². The molecule has 14 heteroatoms. The number of para-hydroxylation sites is 1. The van der Waals surface area contributed by atoms with Gasteiger partial charge in [0.25, 0.3) is 0 Å². The maximum Gasteiger partial charge on any atom is 0.326 e. The van der Waals surface area contributed by atoms with E-state index in [0.29, 0.717) is 31.6 Å². The van der Waals surface area contributed by atoms with Crippen LogP contribution in [0.25, 0.3) is 10.9 Å². The number of nitrogens with one attached hydrogen (secondary N) is 4. The molecule has 38 heavy (non-hydrogen) atoms. The molecule has 0 saturated heterocycles. The van der Waals surface area contributed by atoms with E-state index in [9.17, 15) is 24.3 Å². The van der Waals surface area contributed by atoms with Crippen molar-refractivity contribution in [3.05, 3.63) is 36.0 Å². The van der Waals surface area contributed by atoms with Crippen LogP contribution in [0.5, 0.6) is 0 Å². The monoisotopic (exact) mass is 548 g/mol. The first-order valence-corrected chi connectivity index (χ1v) is 13.5. The highest BCUT2D eigenvalue weighted by atomic mass is 32.2. The number of carboxylic acid groups (broad SMARTS) is 1. The van der Waals surface area contributed by atoms with Gasteiger partial charge in [-0.3, -0.25) is 19.4 Å². The lowest BCUT2D eigenvalue weighted by Crippen LogP contribution is -2.53. The predicted octanol–water partition coefficient (Wildman–Crippen LogP) is -0.985. The predicted molar refractivity (Wildman–Crippen MR) is 147 cm³/mol. The average Bonchev–Trinajstić information content (AvgIpc) is 3.29. The highest BCUT2D eigenvalue weighted by Gasteiger charge is 2.25. The summed E-state index contributed by atoms with van der Waals surface area (Å²) in [5.41, 5.74) is 18.1. The first kappa shape index (κ1) is 30.4. The van der Waals surface area contributed by atoms with Crippen molar-refractivity contribution in [1.82, 2.24) is 20.9 Å². The van der Waals surface area contributed by atoms with Crippen molar-refractivity contribution in [3.63, 3.8) is 0 Å². The summed E-state index contributed by atoms with van der Waals surface area (Å²) in [6, 6.07) is 4.47. The molecule has 2 rings (SSSR count). The SMILES string of the molecule is CSCCC(NC(=O)C(N)CCCN=C(N)N)C(=O)NCC(=O)NC(Cc1c[nH]c2ccccc12)C(=O)O. The van der Waals surface area contributed by atoms with E-state index >= 15 is 0 Å². The molecule has 0 aliphatic heterocycles. The third kappa shape index (κ3) is 9.94. The van der Waals surface area contributed by atoms with E-state index in [-0.39, 0.29) is 12.4 Å². The maximum atomic E-state index is 12.7. The zero-order chi connectivity index (χ0) is 28.1. The summed E-state index contributed by atoms with van der Waals surface area (Å²) in [6.07, 6.45) is 4.75. The highest BCUT2D eigenvalue weighted by Crippen LogP contribution is 2.19. The Hall–Kier alpha value is -3.78. The number of thioether (sulfide) groups is 1. The number of nitrogens with zero attached hydrogens (tertiary/aromatic N) is 1. The van der Waals surface area contributed by atoms with Gasteiger partial charge in [0.05, 0.1) is 12.6 Å². The second-order valence-corrected chi connectivity index (χ2v) is 9.62. The third-order valence-electron chi connectivity index (χ3n) is 5.70. The van der Waals surface area contributed by atoms with Crippen LogP contribution in [-0.2, 0) is 25.6 Å². The normalized spacial score (nSPS) is 13.2. The second kappa shape index (κ2) is 15.5. The molecule has 13 nitrogen and oxygen atoms in total. The molecule has 208 valence electrons. The van der Waals surface area contributed by atoms with Gasteiger partial charge in [0, 0.05) is 30.1 Å². The molecule has 11 N–H and O–H groups in total. The number of hydrogen-bond donors (Lipinski definition) is 8. The van der Waals surface area contributed by atoms with Gasteiger partial charge in [-0.05, 0) is 42.9 Å². The number of aromatic nitrogens is 1. The number of amides is 3. The molecule has 0 aliphatic carbocycles. The molecule has 0 saturated carbocycles. The highest BCUT2D eigenvalue weighted by molar-refractivity contribution is 7.98. The Morgan fingerprint density at radius 1 is 1.08 bits per heavy atom. The van der Waals surface area contributed by atoms with Crippen LogP contribution in [0.2, 0.25) is 0 Å². The van der Waals surface area contributed by atoms with Crippen LogP contribution in [0.4, 0.5) is 0 Å². The molecule has 0 aliphatic rings. The fourth-order valence-electron chi connectivity index (χ4n) is 3.69. The number of aliphatic carboxylic acids is 1. The summed E-state index contributed by atoms with van der Waals surface area (Å²) < 4.78 is 0. The molecule has 1 heterocycles. The fourth-order valence-corrected chi connectivity index (χ4v) is 4.16. The molecule has 0 spiro atoms. The largest absolute Gasteiger partial charge is 0.480 e. The van der Waals surface area contributed by atoms with E-state index in [1.54, 1.807) is 6.20 Å². The lowest BCUT2D eigenvalue weighted by molar-refractivity contribution is -0.141. The van der Waals surface area contributed by atoms with Crippen LogP contribution in [0, 0.1) is 0 Å². The summed E-state index contributed by atoms with van der Waals surface area (Å²) >= 11 is 1.49. The standard InChI is InChI=1S/C24H36N8O5S/c1-38-10-8-18(32-21(34)16(25)6-4-9-28-24(26)27)22(35)30-13-20(33)31-19(23(36)37)11-14-12-29-17-7-3-2-5-15(14)17/h2-3,5,7,12,16,18-19,29H,4,6,8-11,13,25H2,1H3,(H,30,35)(H,31,33)(H,32,34)(H,36,37)(H4,26,27,28). The summed E-state index contributed by atoms with van der Waals surface area (Å²) in [4.78, 5) is 56.4. The quantitative estimate of drug-likeness (QED) is 0.0730. The second-order valence-electron chi connectivity index (χ2n) is 8.64. The molecule has 0 bridgehead atoms. The maximum absolute atomic E-state index is 12.7. The van der Waals surface area contributed by atoms with Gasteiger partial charge in [-0.25, -0.2) is 4.79 Å². The van der Waals surface area contributed by atoms with Gasteiger partial charge in [0.1, 0.15) is 12.1 Å². The Bertz CT molecular complexity index is 1130. The van der Waals surface area contributed by atoms with Crippen molar-refractivity contribution >= 4 is 52.3 Å². The van der Waals surface area contributed by atoms with Crippen molar-refractivity contribution in [2.45, 2.75) is 43.8 Å². The van der Waals surface area contributed by atoms with E-state index in [2.05, 4.69) is 25.9 Å². The molecular formula is C24H36N8O5S. The van der Waals surface area contributed by atoms with E-state index in [4.69, 9.17) is 17.2 Å². The summed E-state index contributed by atoms with van der Waals surface area (Å²) in [5.74, 6) is -2.42. The minimum Gasteiger partial charge on any atom is -0.480 e. The molecular weight excluding hydrogens is 512 g/mol. The van der Waals surface area contributed by atoms with Crippen LogP contribution >= 0.6 is 11.8 Å². The van der Waals surface area contributed by atoms with Crippen LogP contribution in [0.15, 0.2) is 35.5 Å². The molecule has 3 atom stereocenters. The Kier molecular flexibility index (Phi) is 12.4. The topological polar surface area (TPSA) is 231 Å². The number of carbonyl (C=O) groups is 4. The van der Waals surface area contributed by atoms with E-state index < -0.39 is 48.4 Å². The van der Waals surface area contributed by atoms with Gasteiger partial charge in [-0.2, -0.15) is 11.8 Å². The number of rotatable bonds is 16. The average molecular weight is 549 g/mol. The number of carboxylic acids is 1. The number of aliphatic imine (C=N–C) groups is 1. The molecule has 0 fully saturated rings. The summed E-state index contributed by atoms with van der Waals surface area (Å²) in [6.45, 7) is -0.126. The van der Waals surface area contributed by atoms with Gasteiger partial charge in [0.15, 0.2) is 5.96 Å². The number of nitrogens with two attached hydrogens (primary N) is 3. The number of fused-ring (bicyclic) bond motifs is 1. The molecule has 2 aromatic rings. The first-order chi connectivity index (χ1) is 18.1. The Morgan fingerprint density at radius 3 is 2.50 bits per heavy atom. The van der Waals surface area contributed by atoms with Crippen molar-refractivity contribution < 1.29 is 24.3 Å². The minimum atomic E-state index is -1.20. The van der Waals surface area contributed by atoms with Gasteiger partial charge in [0.2, 0.25) is 17.7 Å². The number of carbonyl (C=O) groups excluding carboxylic acids is 3. The van der Waals surface area contributed by atoms with E-state index in [0.717, 1.165) is 16.5 Å². The number of H-pyrrole nitrogens is 1. The fraction of sp³-hybridized carbons (Fsp3) is 0.458. The molecule has 1 aromatic heterocycles. The number of benzene rings is 1. The first-order valence-electron chi connectivity index (χ1n) is 12.1. The minimum absolute atomic E-state index is 0.0477. The van der Waals surface area contributed by atoms with E-state index in [1.807, 2.05) is 30.5 Å². The smallest absolute Gasteiger partial charge is 0.326 e. The Labute approximate surface area is 224 Å². The van der Waals surface area contributed by atoms with Crippen LogP contribution < -0.4 is 33.2 Å². The van der Waals surface area contributed by atoms with Gasteiger partial charge < -0.3 is 43.2 Å².